The molecule has 1 amide bonds. The quantitative estimate of drug-likeness (QED) is 0.390. The predicted molar refractivity (Wildman–Crippen MR) is 121 cm³/mol. The lowest BCUT2D eigenvalue weighted by molar-refractivity contribution is -0.118. The molecule has 33 heavy (non-hydrogen) atoms. The average Bonchev–Trinajstić information content (AvgIpc) is 3.43. The van der Waals surface area contributed by atoms with Crippen LogP contribution in [0.25, 0.3) is 22.3 Å². The first kappa shape index (κ1) is 20.7. The third kappa shape index (κ3) is 4.16. The zero-order valence-corrected chi connectivity index (χ0v) is 18.3. The summed E-state index contributed by atoms with van der Waals surface area (Å²) in [5.41, 5.74) is 8.40. The van der Waals surface area contributed by atoms with Crippen LogP contribution >= 0.6 is 0 Å². The largest absolute Gasteiger partial charge is 0.484 e. The van der Waals surface area contributed by atoms with Crippen molar-refractivity contribution in [1.82, 2.24) is 29.7 Å². The number of nitrogens with two attached hydrogens (primary N) is 1. The fourth-order valence-corrected chi connectivity index (χ4v) is 3.81. The molecule has 0 aromatic carbocycles. The van der Waals surface area contributed by atoms with Crippen molar-refractivity contribution in [2.75, 3.05) is 18.5 Å². The van der Waals surface area contributed by atoms with E-state index in [1.165, 1.54) is 11.0 Å². The first-order chi connectivity index (χ1) is 16.0. The van der Waals surface area contributed by atoms with E-state index >= 15 is 0 Å². The third-order valence-corrected chi connectivity index (χ3v) is 5.39. The van der Waals surface area contributed by atoms with Crippen molar-refractivity contribution in [1.29, 1.82) is 0 Å². The maximum Gasteiger partial charge on any atom is 0.257 e. The minimum atomic E-state index is -0.453. The minimum absolute atomic E-state index is 0.0193. The summed E-state index contributed by atoms with van der Waals surface area (Å²) < 4.78 is 12.8. The lowest BCUT2D eigenvalue weighted by atomic mass is 10.00. The lowest BCUT2D eigenvalue weighted by Gasteiger charge is -2.25. The second kappa shape index (κ2) is 8.41. The summed E-state index contributed by atoms with van der Waals surface area (Å²) in [5, 5.41) is 8.55. The van der Waals surface area contributed by atoms with E-state index in [-0.39, 0.29) is 18.5 Å². The van der Waals surface area contributed by atoms with Crippen LogP contribution in [0.3, 0.4) is 0 Å². The molecule has 170 valence electrons. The van der Waals surface area contributed by atoms with Gasteiger partial charge < -0.3 is 25.5 Å². The third-order valence-electron chi connectivity index (χ3n) is 5.39. The SMILES string of the molecule is CC(C)[C@@H](Nc1ncnc2[nH]c(-c3cnn(CC(N)=O)c3)cc12)c1ccc2c(n1)OCCO2. The summed E-state index contributed by atoms with van der Waals surface area (Å²) in [6.45, 7) is 5.26. The van der Waals surface area contributed by atoms with E-state index in [4.69, 9.17) is 15.2 Å². The van der Waals surface area contributed by atoms with E-state index < -0.39 is 5.91 Å². The Kier molecular flexibility index (Phi) is 5.29. The molecule has 0 radical (unpaired) electrons. The number of hydrogen-bond donors (Lipinski definition) is 3. The van der Waals surface area contributed by atoms with Crippen molar-refractivity contribution in [3.63, 3.8) is 0 Å². The molecule has 1 atom stereocenters. The topological polar surface area (TPSA) is 146 Å². The predicted octanol–water partition coefficient (Wildman–Crippen LogP) is 2.28. The van der Waals surface area contributed by atoms with Crippen LogP contribution < -0.4 is 20.5 Å². The van der Waals surface area contributed by atoms with Gasteiger partial charge >= 0.3 is 0 Å². The lowest BCUT2D eigenvalue weighted by Crippen LogP contribution is -2.21. The van der Waals surface area contributed by atoms with Crippen molar-refractivity contribution < 1.29 is 14.3 Å². The van der Waals surface area contributed by atoms with Crippen LogP contribution in [-0.2, 0) is 11.3 Å². The van der Waals surface area contributed by atoms with Crippen molar-refractivity contribution >= 4 is 22.8 Å². The van der Waals surface area contributed by atoms with E-state index in [1.54, 1.807) is 12.4 Å². The Morgan fingerprint density at radius 2 is 2.12 bits per heavy atom. The maximum absolute atomic E-state index is 11.2. The van der Waals surface area contributed by atoms with E-state index in [2.05, 4.69) is 44.2 Å². The zero-order valence-electron chi connectivity index (χ0n) is 18.3. The molecule has 1 aliphatic rings. The van der Waals surface area contributed by atoms with Gasteiger partial charge in [0.05, 0.1) is 29.0 Å². The number of carbonyl (C=O) groups excluding carboxylic acids is 1. The monoisotopic (exact) mass is 448 g/mol. The molecule has 5 rings (SSSR count). The number of carbonyl (C=O) groups is 1. The first-order valence-corrected chi connectivity index (χ1v) is 10.7. The first-order valence-electron chi connectivity index (χ1n) is 10.7. The van der Waals surface area contributed by atoms with Crippen LogP contribution in [0.4, 0.5) is 5.82 Å². The summed E-state index contributed by atoms with van der Waals surface area (Å²) in [5.74, 6) is 1.61. The van der Waals surface area contributed by atoms with Gasteiger partial charge in [-0.2, -0.15) is 5.10 Å². The fraction of sp³-hybridized carbons (Fsp3) is 0.318. The van der Waals surface area contributed by atoms with Crippen molar-refractivity contribution in [2.24, 2.45) is 11.7 Å². The van der Waals surface area contributed by atoms with Gasteiger partial charge in [0.25, 0.3) is 5.88 Å². The highest BCUT2D eigenvalue weighted by molar-refractivity contribution is 5.91. The maximum atomic E-state index is 11.2. The van der Waals surface area contributed by atoms with Crippen molar-refractivity contribution in [2.45, 2.75) is 26.4 Å². The van der Waals surface area contributed by atoms with Gasteiger partial charge in [-0.25, -0.2) is 15.0 Å². The number of fused-ring (bicyclic) bond motifs is 2. The van der Waals surface area contributed by atoms with Gasteiger partial charge in [0, 0.05) is 11.8 Å². The summed E-state index contributed by atoms with van der Waals surface area (Å²) in [7, 11) is 0. The fourth-order valence-electron chi connectivity index (χ4n) is 3.81. The van der Waals surface area contributed by atoms with Gasteiger partial charge in [0.15, 0.2) is 5.75 Å². The Bertz CT molecular complexity index is 1310. The molecule has 11 nitrogen and oxygen atoms in total. The summed E-state index contributed by atoms with van der Waals surface area (Å²) >= 11 is 0. The highest BCUT2D eigenvalue weighted by Crippen LogP contribution is 2.34. The van der Waals surface area contributed by atoms with Gasteiger partial charge in [-0.05, 0) is 24.1 Å². The van der Waals surface area contributed by atoms with Gasteiger partial charge in [0.1, 0.15) is 37.6 Å². The van der Waals surface area contributed by atoms with Gasteiger partial charge in [-0.1, -0.05) is 13.8 Å². The minimum Gasteiger partial charge on any atom is -0.484 e. The highest BCUT2D eigenvalue weighted by atomic mass is 16.6. The van der Waals surface area contributed by atoms with E-state index in [0.29, 0.717) is 36.3 Å². The number of amides is 1. The molecule has 5 heterocycles. The zero-order chi connectivity index (χ0) is 22.9. The number of H-pyrrole nitrogens is 1. The van der Waals surface area contributed by atoms with Gasteiger partial charge in [-0.15, -0.1) is 0 Å². The molecule has 0 bridgehead atoms. The van der Waals surface area contributed by atoms with Crippen LogP contribution in [-0.4, -0.2) is 48.8 Å². The van der Waals surface area contributed by atoms with Gasteiger partial charge in [-0.3, -0.25) is 9.48 Å². The number of aromatic nitrogens is 6. The molecule has 4 aromatic rings. The number of nitrogens with zero attached hydrogens (tertiary/aromatic N) is 5. The number of hydrogen-bond acceptors (Lipinski definition) is 8. The van der Waals surface area contributed by atoms with Crippen LogP contribution in [0.1, 0.15) is 25.6 Å². The molecule has 0 fully saturated rings. The molecule has 1 aliphatic heterocycles. The number of rotatable bonds is 7. The number of nitrogens with one attached hydrogen (secondary N) is 2. The molecule has 11 heteroatoms. The molecule has 0 saturated carbocycles. The summed E-state index contributed by atoms with van der Waals surface area (Å²) in [4.78, 5) is 28.0. The second-order valence-electron chi connectivity index (χ2n) is 8.16. The van der Waals surface area contributed by atoms with Crippen LogP contribution in [0, 0.1) is 5.92 Å². The van der Waals surface area contributed by atoms with Crippen molar-refractivity contribution in [3.05, 3.63) is 42.6 Å². The Balaban J connectivity index is 1.46. The van der Waals surface area contributed by atoms with E-state index in [1.807, 2.05) is 18.2 Å². The van der Waals surface area contributed by atoms with Crippen molar-refractivity contribution in [3.8, 4) is 22.9 Å². The molecule has 0 saturated heterocycles. The summed E-state index contributed by atoms with van der Waals surface area (Å²) in [6, 6.07) is 5.68. The standard InChI is InChI=1S/C22H24N8O3/c1-12(2)19(15-3-4-17-22(28-15)33-6-5-32-17)29-21-14-7-16(27-20(14)24-11-25-21)13-8-26-30(9-13)10-18(23)31/h3-4,7-9,11-12,19H,5-6,10H2,1-2H3,(H2,23,31)(H2,24,25,27,29)/t19-/m1/s1. The van der Waals surface area contributed by atoms with Crippen LogP contribution in [0.15, 0.2) is 36.9 Å². The normalized spacial score (nSPS) is 13.9. The Labute approximate surface area is 189 Å². The number of pyridine rings is 1. The Morgan fingerprint density at radius 1 is 1.27 bits per heavy atom. The van der Waals surface area contributed by atoms with E-state index in [9.17, 15) is 4.79 Å². The molecular formula is C22H24N8O3. The average molecular weight is 448 g/mol. The van der Waals surface area contributed by atoms with Gasteiger partial charge in [0.2, 0.25) is 5.91 Å². The Morgan fingerprint density at radius 3 is 2.94 bits per heavy atom. The Hall–Kier alpha value is -4.15. The summed E-state index contributed by atoms with van der Waals surface area (Å²) in [6.07, 6.45) is 4.94. The van der Waals surface area contributed by atoms with Crippen LogP contribution in [0.2, 0.25) is 0 Å². The van der Waals surface area contributed by atoms with Crippen LogP contribution in [0.5, 0.6) is 11.6 Å². The highest BCUT2D eigenvalue weighted by Gasteiger charge is 2.23. The number of anilines is 1. The number of primary amides is 1. The second-order valence-corrected chi connectivity index (χ2v) is 8.16. The number of ether oxygens (including phenoxy) is 2. The molecule has 4 N–H and O–H groups in total. The molecule has 0 unspecified atom stereocenters. The molecule has 0 aliphatic carbocycles. The molecule has 4 aromatic heterocycles. The van der Waals surface area contributed by atoms with E-state index in [0.717, 1.165) is 22.3 Å². The molecule has 0 spiro atoms. The number of aromatic amines is 1. The molecular weight excluding hydrogens is 424 g/mol. The smallest absolute Gasteiger partial charge is 0.257 e.